The van der Waals surface area contributed by atoms with Crippen molar-refractivity contribution in [1.29, 1.82) is 0 Å². The van der Waals surface area contributed by atoms with E-state index in [0.717, 1.165) is 114 Å². The van der Waals surface area contributed by atoms with Crippen LogP contribution in [0, 0.1) is 23.7 Å². The number of phosphoric ester groups is 2. The van der Waals surface area contributed by atoms with Crippen molar-refractivity contribution in [1.82, 2.24) is 0 Å². The van der Waals surface area contributed by atoms with Gasteiger partial charge in [0.2, 0.25) is 0 Å². The summed E-state index contributed by atoms with van der Waals surface area (Å²) in [5, 5.41) is 10.7. The zero-order valence-corrected chi connectivity index (χ0v) is 74.0. The van der Waals surface area contributed by atoms with Gasteiger partial charge in [-0.05, 0) is 49.4 Å². The molecule has 0 spiro atoms. The third-order valence-electron chi connectivity index (χ3n) is 21.8. The molecule has 0 rings (SSSR count). The Bertz CT molecular complexity index is 2110. The SMILES string of the molecule is CCC(C)CCCCCCCCCCCCCCCCCCCCC(=O)O[C@H](COC(=O)CCCCCCCCCCCCCCC(C)C)COP(=O)(O)OCC(O)COP(=O)(O)OC[C@@H](COC(=O)CCCCCCCCCC(C)C)OC(=O)CCCCCCCCCCCCCCCCCCCCC(C)CC. The Morgan fingerprint density at radius 1 is 0.257 bits per heavy atom. The monoisotopic (exact) mass is 1590 g/mol. The molecule has 0 saturated carbocycles. The molecule has 0 aromatic heterocycles. The van der Waals surface area contributed by atoms with Gasteiger partial charge in [0.25, 0.3) is 0 Å². The normalized spacial score (nSPS) is 14.4. The van der Waals surface area contributed by atoms with Gasteiger partial charge in [0.05, 0.1) is 26.4 Å². The van der Waals surface area contributed by atoms with Crippen LogP contribution in [0.1, 0.15) is 473 Å². The molecular formula is C90H176O17P2. The van der Waals surface area contributed by atoms with Crippen molar-refractivity contribution in [2.75, 3.05) is 39.6 Å². The van der Waals surface area contributed by atoms with Crippen LogP contribution in [0.25, 0.3) is 0 Å². The minimum atomic E-state index is -4.97. The van der Waals surface area contributed by atoms with Gasteiger partial charge in [0.15, 0.2) is 12.2 Å². The van der Waals surface area contributed by atoms with E-state index in [1.54, 1.807) is 0 Å². The summed E-state index contributed by atoms with van der Waals surface area (Å²) in [6.07, 6.45) is 69.5. The van der Waals surface area contributed by atoms with Gasteiger partial charge in [-0.2, -0.15) is 0 Å². The van der Waals surface area contributed by atoms with Crippen LogP contribution >= 0.6 is 15.6 Å². The number of carbonyl (C=O) groups is 4. The molecule has 648 valence electrons. The number of esters is 4. The minimum absolute atomic E-state index is 0.107. The van der Waals surface area contributed by atoms with Crippen LogP contribution in [0.2, 0.25) is 0 Å². The van der Waals surface area contributed by atoms with Gasteiger partial charge in [0, 0.05) is 25.7 Å². The first-order valence-electron chi connectivity index (χ1n) is 46.3. The van der Waals surface area contributed by atoms with E-state index in [4.69, 9.17) is 37.0 Å². The fourth-order valence-corrected chi connectivity index (χ4v) is 15.5. The summed E-state index contributed by atoms with van der Waals surface area (Å²) >= 11 is 0. The number of ether oxygens (including phenoxy) is 4. The molecule has 0 fully saturated rings. The highest BCUT2D eigenvalue weighted by molar-refractivity contribution is 7.47. The second-order valence-corrected chi connectivity index (χ2v) is 36.7. The zero-order chi connectivity index (χ0) is 80.2. The molecule has 0 heterocycles. The summed E-state index contributed by atoms with van der Waals surface area (Å²) in [5.41, 5.74) is 0. The standard InChI is InChI=1S/C90H176O17P2/c1-9-82(7)68-60-52-44-36-30-23-19-15-11-13-17-21-25-33-39-47-56-64-72-89(94)106-85(76-100-87(92)70-62-54-46-38-32-28-27-29-35-42-50-58-66-80(3)4)78-104-108(96,97)102-74-84(91)75-103-109(98,99)105-79-86(77-101-88(93)71-63-55-49-41-43-51-59-67-81(5)6)107-90(95)73-65-57-48-40-34-26-22-18-14-12-16-20-24-31-37-45-53-61-69-83(8)10-2/h80-86,91H,9-79H2,1-8H3,(H,96,97)(H,98,99)/t82?,83?,84?,85-,86-/m1/s1. The van der Waals surface area contributed by atoms with Crippen LogP contribution in [0.3, 0.4) is 0 Å². The number of aliphatic hydroxyl groups excluding tert-OH is 1. The largest absolute Gasteiger partial charge is 0.472 e. The molecule has 19 heteroatoms. The van der Waals surface area contributed by atoms with E-state index in [1.165, 1.54) is 270 Å². The Morgan fingerprint density at radius 3 is 0.651 bits per heavy atom. The number of unbranched alkanes of at least 4 members (excludes halogenated alkanes) is 51. The number of aliphatic hydroxyl groups is 1. The maximum atomic E-state index is 13.2. The molecule has 0 aliphatic heterocycles. The van der Waals surface area contributed by atoms with Gasteiger partial charge >= 0.3 is 39.5 Å². The minimum Gasteiger partial charge on any atom is -0.462 e. The first kappa shape index (κ1) is 107. The van der Waals surface area contributed by atoms with Gasteiger partial charge in [-0.1, -0.05) is 421 Å². The summed E-state index contributed by atoms with van der Waals surface area (Å²) in [6.45, 7) is 14.4. The lowest BCUT2D eigenvalue weighted by Crippen LogP contribution is -2.30. The summed E-state index contributed by atoms with van der Waals surface area (Å²) in [5.74, 6) is 1.12. The average Bonchev–Trinajstić information content (AvgIpc) is 0.968. The lowest BCUT2D eigenvalue weighted by Gasteiger charge is -2.21. The van der Waals surface area contributed by atoms with Crippen LogP contribution in [-0.4, -0.2) is 96.7 Å². The van der Waals surface area contributed by atoms with Crippen molar-refractivity contribution < 1.29 is 80.2 Å². The first-order chi connectivity index (χ1) is 52.7. The molecule has 17 nitrogen and oxygen atoms in total. The Morgan fingerprint density at radius 2 is 0.440 bits per heavy atom. The van der Waals surface area contributed by atoms with Crippen molar-refractivity contribution in [3.8, 4) is 0 Å². The first-order valence-corrected chi connectivity index (χ1v) is 49.3. The number of hydrogen-bond donors (Lipinski definition) is 3. The molecule has 3 N–H and O–H groups in total. The number of rotatable bonds is 87. The second kappa shape index (κ2) is 78.6. The number of hydrogen-bond acceptors (Lipinski definition) is 15. The molecule has 0 amide bonds. The molecule has 0 saturated heterocycles. The topological polar surface area (TPSA) is 237 Å². The highest BCUT2D eigenvalue weighted by Gasteiger charge is 2.31. The molecule has 0 aromatic carbocycles. The smallest absolute Gasteiger partial charge is 0.462 e. The van der Waals surface area contributed by atoms with Crippen molar-refractivity contribution >= 4 is 39.5 Å². The van der Waals surface area contributed by atoms with Gasteiger partial charge < -0.3 is 33.8 Å². The molecule has 5 unspecified atom stereocenters. The molecule has 0 bridgehead atoms. The Kier molecular flexibility index (Phi) is 77.2. The predicted molar refractivity (Wildman–Crippen MR) is 451 cm³/mol. The highest BCUT2D eigenvalue weighted by Crippen LogP contribution is 2.45. The third-order valence-corrected chi connectivity index (χ3v) is 23.7. The Hall–Kier alpha value is -1.94. The van der Waals surface area contributed by atoms with E-state index in [-0.39, 0.29) is 25.7 Å². The quantitative estimate of drug-likeness (QED) is 0.0222. The predicted octanol–water partition coefficient (Wildman–Crippen LogP) is 27.5. The molecule has 0 aliphatic carbocycles. The molecular weight excluding hydrogens is 1410 g/mol. The van der Waals surface area contributed by atoms with Gasteiger partial charge in [-0.3, -0.25) is 37.3 Å². The van der Waals surface area contributed by atoms with Gasteiger partial charge in [-0.25, -0.2) is 9.13 Å². The van der Waals surface area contributed by atoms with E-state index < -0.39 is 97.5 Å². The van der Waals surface area contributed by atoms with E-state index in [0.29, 0.717) is 31.6 Å². The fraction of sp³-hybridized carbons (Fsp3) is 0.956. The fourth-order valence-electron chi connectivity index (χ4n) is 14.0. The van der Waals surface area contributed by atoms with E-state index in [2.05, 4.69) is 55.4 Å². The average molecular weight is 1590 g/mol. The zero-order valence-electron chi connectivity index (χ0n) is 72.2. The lowest BCUT2D eigenvalue weighted by atomic mass is 9.99. The van der Waals surface area contributed by atoms with Crippen LogP contribution < -0.4 is 0 Å². The summed E-state index contributed by atoms with van der Waals surface area (Å²) in [7, 11) is -9.93. The van der Waals surface area contributed by atoms with Crippen LogP contribution in [0.15, 0.2) is 0 Å². The number of phosphoric acid groups is 2. The summed E-state index contributed by atoms with van der Waals surface area (Å²) < 4.78 is 69.0. The summed E-state index contributed by atoms with van der Waals surface area (Å²) in [4.78, 5) is 73.3. The molecule has 0 radical (unpaired) electrons. The number of carbonyl (C=O) groups excluding carboxylic acids is 4. The van der Waals surface area contributed by atoms with E-state index in [1.807, 2.05) is 0 Å². The van der Waals surface area contributed by atoms with Crippen molar-refractivity contribution in [2.45, 2.75) is 491 Å². The Labute approximate surface area is 670 Å². The molecule has 0 aliphatic rings. The molecule has 109 heavy (non-hydrogen) atoms. The van der Waals surface area contributed by atoms with Gasteiger partial charge in [-0.15, -0.1) is 0 Å². The van der Waals surface area contributed by atoms with E-state index >= 15 is 0 Å². The van der Waals surface area contributed by atoms with Crippen molar-refractivity contribution in [3.05, 3.63) is 0 Å². The van der Waals surface area contributed by atoms with Crippen molar-refractivity contribution in [2.24, 2.45) is 23.7 Å². The van der Waals surface area contributed by atoms with Gasteiger partial charge in [0.1, 0.15) is 19.3 Å². The van der Waals surface area contributed by atoms with Crippen LogP contribution in [0.4, 0.5) is 0 Å². The van der Waals surface area contributed by atoms with Crippen LogP contribution in [-0.2, 0) is 65.4 Å². The molecule has 0 aromatic rings. The maximum Gasteiger partial charge on any atom is 0.472 e. The Balaban J connectivity index is 5.19. The molecule has 7 atom stereocenters. The van der Waals surface area contributed by atoms with E-state index in [9.17, 15) is 43.2 Å². The third kappa shape index (κ3) is 81.0. The maximum absolute atomic E-state index is 13.2. The lowest BCUT2D eigenvalue weighted by molar-refractivity contribution is -0.161. The second-order valence-electron chi connectivity index (χ2n) is 33.8. The highest BCUT2D eigenvalue weighted by atomic mass is 31.2. The van der Waals surface area contributed by atoms with Crippen LogP contribution in [0.5, 0.6) is 0 Å². The summed E-state index contributed by atoms with van der Waals surface area (Å²) in [6, 6.07) is 0. The van der Waals surface area contributed by atoms with Crippen molar-refractivity contribution in [3.63, 3.8) is 0 Å².